The quantitative estimate of drug-likeness (QED) is 0.900. The standard InChI is InChI=1S/C16H22ClN3/c1-3-13-6-4-5-9-20(13)11(2)16-18-14-8-7-12(17)10-15(14)19-16/h7-8,10-11,13H,3-6,9H2,1-2H3,(H,18,19). The van der Waals surface area contributed by atoms with Crippen molar-refractivity contribution in [1.29, 1.82) is 0 Å². The third-order valence-electron chi connectivity index (χ3n) is 4.50. The van der Waals surface area contributed by atoms with Crippen LogP contribution in [0.1, 0.15) is 51.4 Å². The molecule has 1 saturated heterocycles. The van der Waals surface area contributed by atoms with Crippen molar-refractivity contribution < 1.29 is 0 Å². The van der Waals surface area contributed by atoms with E-state index in [1.807, 2.05) is 18.2 Å². The average Bonchev–Trinajstić information content (AvgIpc) is 2.89. The molecule has 108 valence electrons. The van der Waals surface area contributed by atoms with Gasteiger partial charge in [-0.1, -0.05) is 24.9 Å². The van der Waals surface area contributed by atoms with Crippen LogP contribution in [0.5, 0.6) is 0 Å². The minimum atomic E-state index is 0.339. The van der Waals surface area contributed by atoms with E-state index < -0.39 is 0 Å². The molecule has 1 aromatic heterocycles. The van der Waals surface area contributed by atoms with Crippen LogP contribution in [0.25, 0.3) is 11.0 Å². The van der Waals surface area contributed by atoms with Crippen LogP contribution in [0, 0.1) is 0 Å². The van der Waals surface area contributed by atoms with Crippen LogP contribution in [0.4, 0.5) is 0 Å². The van der Waals surface area contributed by atoms with Gasteiger partial charge < -0.3 is 4.98 Å². The number of rotatable bonds is 3. The molecule has 0 radical (unpaired) electrons. The lowest BCUT2D eigenvalue weighted by Crippen LogP contribution is -2.41. The van der Waals surface area contributed by atoms with Gasteiger partial charge >= 0.3 is 0 Å². The van der Waals surface area contributed by atoms with E-state index in [2.05, 4.69) is 23.7 Å². The van der Waals surface area contributed by atoms with E-state index >= 15 is 0 Å². The van der Waals surface area contributed by atoms with Crippen molar-refractivity contribution in [2.75, 3.05) is 6.54 Å². The highest BCUT2D eigenvalue weighted by molar-refractivity contribution is 6.31. The summed E-state index contributed by atoms with van der Waals surface area (Å²) in [6.45, 7) is 5.72. The summed E-state index contributed by atoms with van der Waals surface area (Å²) in [7, 11) is 0. The number of nitrogens with one attached hydrogen (secondary N) is 1. The van der Waals surface area contributed by atoms with E-state index in [1.165, 1.54) is 32.2 Å². The second-order valence-electron chi connectivity index (χ2n) is 5.76. The Morgan fingerprint density at radius 2 is 2.30 bits per heavy atom. The van der Waals surface area contributed by atoms with Gasteiger partial charge in [-0.2, -0.15) is 0 Å². The van der Waals surface area contributed by atoms with Gasteiger partial charge in [-0.15, -0.1) is 0 Å². The van der Waals surface area contributed by atoms with E-state index in [-0.39, 0.29) is 0 Å². The average molecular weight is 292 g/mol. The Labute approximate surface area is 125 Å². The topological polar surface area (TPSA) is 31.9 Å². The smallest absolute Gasteiger partial charge is 0.124 e. The Bertz CT molecular complexity index is 592. The summed E-state index contributed by atoms with van der Waals surface area (Å²) in [4.78, 5) is 10.8. The molecule has 0 aliphatic carbocycles. The minimum absolute atomic E-state index is 0.339. The van der Waals surface area contributed by atoms with Crippen molar-refractivity contribution in [3.05, 3.63) is 29.0 Å². The number of hydrogen-bond acceptors (Lipinski definition) is 2. The number of likely N-dealkylation sites (tertiary alicyclic amines) is 1. The van der Waals surface area contributed by atoms with Crippen molar-refractivity contribution in [2.45, 2.75) is 51.6 Å². The molecule has 4 heteroatoms. The minimum Gasteiger partial charge on any atom is -0.341 e. The SMILES string of the molecule is CCC1CCCCN1C(C)c1nc2ccc(Cl)cc2[nH]1. The summed E-state index contributed by atoms with van der Waals surface area (Å²) in [5.74, 6) is 1.06. The van der Waals surface area contributed by atoms with Gasteiger partial charge in [0.25, 0.3) is 0 Å². The zero-order valence-electron chi connectivity index (χ0n) is 12.2. The van der Waals surface area contributed by atoms with Crippen LogP contribution in [0.15, 0.2) is 18.2 Å². The molecule has 0 spiro atoms. The van der Waals surface area contributed by atoms with Crippen molar-refractivity contribution in [2.24, 2.45) is 0 Å². The van der Waals surface area contributed by atoms with Crippen LogP contribution in [-0.4, -0.2) is 27.5 Å². The zero-order valence-corrected chi connectivity index (χ0v) is 13.0. The first kappa shape index (κ1) is 13.9. The number of imidazole rings is 1. The third kappa shape index (κ3) is 2.57. The lowest BCUT2D eigenvalue weighted by Gasteiger charge is -2.38. The van der Waals surface area contributed by atoms with Crippen LogP contribution in [0.3, 0.4) is 0 Å². The van der Waals surface area contributed by atoms with Gasteiger partial charge in [0.15, 0.2) is 0 Å². The molecule has 2 unspecified atom stereocenters. The molecular weight excluding hydrogens is 270 g/mol. The predicted molar refractivity (Wildman–Crippen MR) is 84.2 cm³/mol. The molecule has 1 fully saturated rings. The number of aromatic amines is 1. The predicted octanol–water partition coefficient (Wildman–Crippen LogP) is 4.54. The Morgan fingerprint density at radius 3 is 3.10 bits per heavy atom. The second-order valence-corrected chi connectivity index (χ2v) is 6.19. The lowest BCUT2D eigenvalue weighted by molar-refractivity contribution is 0.0963. The first-order chi connectivity index (χ1) is 9.69. The van der Waals surface area contributed by atoms with Gasteiger partial charge in [-0.3, -0.25) is 4.90 Å². The van der Waals surface area contributed by atoms with Crippen LogP contribution >= 0.6 is 11.6 Å². The molecule has 1 aromatic carbocycles. The van der Waals surface area contributed by atoms with Crippen molar-refractivity contribution in [3.63, 3.8) is 0 Å². The largest absolute Gasteiger partial charge is 0.341 e. The van der Waals surface area contributed by atoms with Gasteiger partial charge in [-0.05, 0) is 50.9 Å². The molecular formula is C16H22ClN3. The molecule has 3 rings (SSSR count). The fourth-order valence-electron chi connectivity index (χ4n) is 3.33. The van der Waals surface area contributed by atoms with Crippen LogP contribution in [-0.2, 0) is 0 Å². The number of fused-ring (bicyclic) bond motifs is 1. The molecule has 3 nitrogen and oxygen atoms in total. The lowest BCUT2D eigenvalue weighted by atomic mass is 9.98. The Kier molecular flexibility index (Phi) is 3.99. The van der Waals surface area contributed by atoms with E-state index in [0.717, 1.165) is 21.9 Å². The van der Waals surface area contributed by atoms with Crippen molar-refractivity contribution >= 4 is 22.6 Å². The maximum atomic E-state index is 6.04. The highest BCUT2D eigenvalue weighted by Gasteiger charge is 2.27. The van der Waals surface area contributed by atoms with Crippen molar-refractivity contribution in [1.82, 2.24) is 14.9 Å². The second kappa shape index (κ2) is 5.74. The van der Waals surface area contributed by atoms with E-state index in [4.69, 9.17) is 16.6 Å². The van der Waals surface area contributed by atoms with Gasteiger partial charge in [0.1, 0.15) is 5.82 Å². The van der Waals surface area contributed by atoms with Crippen LogP contribution < -0.4 is 0 Å². The van der Waals surface area contributed by atoms with E-state index in [0.29, 0.717) is 12.1 Å². The van der Waals surface area contributed by atoms with E-state index in [1.54, 1.807) is 0 Å². The third-order valence-corrected chi connectivity index (χ3v) is 4.73. The molecule has 0 bridgehead atoms. The molecule has 1 N–H and O–H groups in total. The number of piperidine rings is 1. The number of benzene rings is 1. The fraction of sp³-hybridized carbons (Fsp3) is 0.562. The van der Waals surface area contributed by atoms with Gasteiger partial charge in [-0.25, -0.2) is 4.98 Å². The summed E-state index contributed by atoms with van der Waals surface area (Å²) < 4.78 is 0. The summed E-state index contributed by atoms with van der Waals surface area (Å²) in [5.41, 5.74) is 2.03. The molecule has 2 heterocycles. The molecule has 20 heavy (non-hydrogen) atoms. The highest BCUT2D eigenvalue weighted by atomic mass is 35.5. The van der Waals surface area contributed by atoms with Gasteiger partial charge in [0, 0.05) is 11.1 Å². The molecule has 0 saturated carbocycles. The van der Waals surface area contributed by atoms with Crippen molar-refractivity contribution in [3.8, 4) is 0 Å². The number of H-pyrrole nitrogens is 1. The molecule has 1 aliphatic rings. The number of hydrogen-bond donors (Lipinski definition) is 1. The number of halogens is 1. The molecule has 2 aromatic rings. The molecule has 1 aliphatic heterocycles. The Hall–Kier alpha value is -1.06. The number of aromatic nitrogens is 2. The van der Waals surface area contributed by atoms with Gasteiger partial charge in [0.2, 0.25) is 0 Å². The first-order valence-corrected chi connectivity index (χ1v) is 7.97. The van der Waals surface area contributed by atoms with Crippen LogP contribution in [0.2, 0.25) is 5.02 Å². The monoisotopic (exact) mass is 291 g/mol. The first-order valence-electron chi connectivity index (χ1n) is 7.60. The Balaban J connectivity index is 1.89. The highest BCUT2D eigenvalue weighted by Crippen LogP contribution is 2.29. The molecule has 0 amide bonds. The summed E-state index contributed by atoms with van der Waals surface area (Å²) in [5, 5.41) is 0.754. The normalized spacial score (nSPS) is 22.2. The summed E-state index contributed by atoms with van der Waals surface area (Å²) in [6, 6.07) is 6.86. The fourth-order valence-corrected chi connectivity index (χ4v) is 3.50. The summed E-state index contributed by atoms with van der Waals surface area (Å²) in [6.07, 6.45) is 5.19. The summed E-state index contributed by atoms with van der Waals surface area (Å²) >= 11 is 6.04. The maximum Gasteiger partial charge on any atom is 0.124 e. The number of nitrogens with zero attached hydrogens (tertiary/aromatic N) is 2. The molecule has 2 atom stereocenters. The van der Waals surface area contributed by atoms with Gasteiger partial charge in [0.05, 0.1) is 17.1 Å². The zero-order chi connectivity index (χ0) is 14.1. The maximum absolute atomic E-state index is 6.04. The Morgan fingerprint density at radius 1 is 1.45 bits per heavy atom. The van der Waals surface area contributed by atoms with E-state index in [9.17, 15) is 0 Å².